The summed E-state index contributed by atoms with van der Waals surface area (Å²) in [5.74, 6) is 0.0548. The minimum atomic E-state index is -3.56. The van der Waals surface area contributed by atoms with E-state index in [0.29, 0.717) is 10.7 Å². The van der Waals surface area contributed by atoms with E-state index < -0.39 is 10.0 Å². The highest BCUT2D eigenvalue weighted by Crippen LogP contribution is 2.28. The second kappa shape index (κ2) is 6.75. The normalized spacial score (nSPS) is 16.3. The third-order valence-corrected chi connectivity index (χ3v) is 6.47. The summed E-state index contributed by atoms with van der Waals surface area (Å²) < 4.78 is 27.5. The zero-order chi connectivity index (χ0) is 19.0. The van der Waals surface area contributed by atoms with Crippen LogP contribution in [0.2, 0.25) is 0 Å². The van der Waals surface area contributed by atoms with Crippen molar-refractivity contribution in [3.8, 4) is 0 Å². The van der Waals surface area contributed by atoms with Gasteiger partial charge < -0.3 is 5.32 Å². The van der Waals surface area contributed by atoms with Crippen molar-refractivity contribution < 1.29 is 13.2 Å². The molecular weight excluding hydrogens is 384 g/mol. The van der Waals surface area contributed by atoms with Crippen molar-refractivity contribution in [1.29, 1.82) is 0 Å². The fourth-order valence-electron chi connectivity index (χ4n) is 2.84. The van der Waals surface area contributed by atoms with Crippen LogP contribution < -0.4 is 10.0 Å². The van der Waals surface area contributed by atoms with Gasteiger partial charge in [-0.15, -0.1) is 0 Å². The van der Waals surface area contributed by atoms with Crippen LogP contribution in [0, 0.1) is 6.92 Å². The monoisotopic (exact) mass is 400 g/mol. The van der Waals surface area contributed by atoms with E-state index in [-0.39, 0.29) is 29.6 Å². The van der Waals surface area contributed by atoms with Crippen LogP contribution in [0.15, 0.2) is 52.4 Å². The third-order valence-electron chi connectivity index (χ3n) is 4.14. The number of rotatable bonds is 4. The molecule has 4 rings (SSSR count). The Morgan fingerprint density at radius 1 is 1.22 bits per heavy atom. The second-order valence-electron chi connectivity index (χ2n) is 6.07. The number of hydrogen-bond acceptors (Lipinski definition) is 6. The van der Waals surface area contributed by atoms with Crippen molar-refractivity contribution >= 4 is 48.5 Å². The van der Waals surface area contributed by atoms with Gasteiger partial charge in [0.15, 0.2) is 5.13 Å². The van der Waals surface area contributed by atoms with E-state index in [4.69, 9.17) is 0 Å². The molecule has 1 aliphatic rings. The molecule has 0 saturated carbocycles. The molecule has 0 radical (unpaired) electrons. The standard InChI is InChI=1S/C18H16N4O3S2/c1-11-5-4-7-13-16(11)21-18(26-13)20-15(23)9-10-19-17-12-6-2-3-8-14(12)27(24,25)22-17/h2-8H,9-10H2,1H3,(H,19,22)(H,20,21,23). The van der Waals surface area contributed by atoms with E-state index in [1.165, 1.54) is 17.4 Å². The maximum atomic E-state index is 12.2. The highest BCUT2D eigenvalue weighted by atomic mass is 32.2. The van der Waals surface area contributed by atoms with Gasteiger partial charge in [-0.1, -0.05) is 35.6 Å². The quantitative estimate of drug-likeness (QED) is 0.703. The molecule has 1 aromatic heterocycles. The molecule has 0 aliphatic carbocycles. The Hall–Kier alpha value is -2.78. The summed E-state index contributed by atoms with van der Waals surface area (Å²) in [6.45, 7) is 2.15. The zero-order valence-corrected chi connectivity index (χ0v) is 16.0. The Morgan fingerprint density at radius 2 is 2.04 bits per heavy atom. The highest BCUT2D eigenvalue weighted by Gasteiger charge is 2.29. The van der Waals surface area contributed by atoms with Crippen LogP contribution in [0.1, 0.15) is 17.5 Å². The first-order valence-electron chi connectivity index (χ1n) is 8.27. The molecule has 2 aromatic carbocycles. The predicted octanol–water partition coefficient (Wildman–Crippen LogP) is 2.67. The fraction of sp³-hybridized carbons (Fsp3) is 0.167. The minimum absolute atomic E-state index is 0.127. The Labute approximate surface area is 160 Å². The van der Waals surface area contributed by atoms with Gasteiger partial charge in [0.05, 0.1) is 21.7 Å². The van der Waals surface area contributed by atoms with Crippen molar-refractivity contribution in [3.63, 3.8) is 0 Å². The van der Waals surface area contributed by atoms with E-state index in [1.54, 1.807) is 18.2 Å². The number of para-hydroxylation sites is 1. The molecule has 1 amide bonds. The van der Waals surface area contributed by atoms with Gasteiger partial charge in [-0.2, -0.15) is 0 Å². The number of carbonyl (C=O) groups is 1. The minimum Gasteiger partial charge on any atom is -0.302 e. The van der Waals surface area contributed by atoms with Crippen LogP contribution in [0.5, 0.6) is 0 Å². The molecule has 3 aromatic rings. The number of aromatic nitrogens is 1. The first-order chi connectivity index (χ1) is 12.9. The number of sulfonamides is 1. The SMILES string of the molecule is Cc1cccc2sc(NC(=O)CCN=C3NS(=O)(=O)c4ccccc43)nc12. The summed E-state index contributed by atoms with van der Waals surface area (Å²) in [6, 6.07) is 12.5. The van der Waals surface area contributed by atoms with E-state index >= 15 is 0 Å². The molecular formula is C18H16N4O3S2. The van der Waals surface area contributed by atoms with Crippen molar-refractivity contribution in [2.45, 2.75) is 18.2 Å². The van der Waals surface area contributed by atoms with E-state index in [0.717, 1.165) is 15.8 Å². The van der Waals surface area contributed by atoms with Crippen LogP contribution in [0.25, 0.3) is 10.2 Å². The highest BCUT2D eigenvalue weighted by molar-refractivity contribution is 7.90. The molecule has 0 spiro atoms. The van der Waals surface area contributed by atoms with Crippen LogP contribution >= 0.6 is 11.3 Å². The van der Waals surface area contributed by atoms with Gasteiger partial charge in [0.2, 0.25) is 5.91 Å². The molecule has 0 fully saturated rings. The number of amides is 1. The van der Waals surface area contributed by atoms with Crippen molar-refractivity contribution in [1.82, 2.24) is 9.71 Å². The number of amidine groups is 1. The van der Waals surface area contributed by atoms with Gasteiger partial charge in [0, 0.05) is 12.0 Å². The number of thiazole rings is 1. The number of hydrogen-bond donors (Lipinski definition) is 2. The Balaban J connectivity index is 1.43. The van der Waals surface area contributed by atoms with Crippen LogP contribution in [-0.4, -0.2) is 31.7 Å². The number of fused-ring (bicyclic) bond motifs is 2. The summed E-state index contributed by atoms with van der Waals surface area (Å²) in [5.41, 5.74) is 2.47. The molecule has 0 unspecified atom stereocenters. The Bertz CT molecular complexity index is 1180. The zero-order valence-electron chi connectivity index (χ0n) is 14.4. The number of nitrogens with one attached hydrogen (secondary N) is 2. The van der Waals surface area contributed by atoms with Crippen molar-refractivity contribution in [2.24, 2.45) is 4.99 Å². The predicted molar refractivity (Wildman–Crippen MR) is 106 cm³/mol. The largest absolute Gasteiger partial charge is 0.302 e. The van der Waals surface area contributed by atoms with Gasteiger partial charge in [0.1, 0.15) is 5.84 Å². The lowest BCUT2D eigenvalue weighted by atomic mass is 10.2. The number of carbonyl (C=O) groups excluding carboxylic acids is 1. The molecule has 0 bridgehead atoms. The van der Waals surface area contributed by atoms with Crippen LogP contribution in [0.4, 0.5) is 5.13 Å². The first-order valence-corrected chi connectivity index (χ1v) is 10.6. The summed E-state index contributed by atoms with van der Waals surface area (Å²) in [4.78, 5) is 21.1. The molecule has 0 saturated heterocycles. The maximum absolute atomic E-state index is 12.2. The van der Waals surface area contributed by atoms with E-state index in [9.17, 15) is 13.2 Å². The van der Waals surface area contributed by atoms with Gasteiger partial charge in [-0.05, 0) is 30.7 Å². The van der Waals surface area contributed by atoms with Gasteiger partial charge in [-0.25, -0.2) is 13.4 Å². The summed E-state index contributed by atoms with van der Waals surface area (Å²) in [5, 5.41) is 3.33. The summed E-state index contributed by atoms with van der Waals surface area (Å²) in [7, 11) is -3.56. The molecule has 2 N–H and O–H groups in total. The smallest absolute Gasteiger partial charge is 0.263 e. The Morgan fingerprint density at radius 3 is 2.85 bits per heavy atom. The van der Waals surface area contributed by atoms with E-state index in [2.05, 4.69) is 20.0 Å². The summed E-state index contributed by atoms with van der Waals surface area (Å²) >= 11 is 1.42. The molecule has 1 aliphatic heterocycles. The first kappa shape index (κ1) is 17.6. The van der Waals surface area contributed by atoms with Crippen molar-refractivity contribution in [3.05, 3.63) is 53.6 Å². The Kier molecular flexibility index (Phi) is 4.40. The molecule has 7 nitrogen and oxygen atoms in total. The lowest BCUT2D eigenvalue weighted by molar-refractivity contribution is -0.116. The maximum Gasteiger partial charge on any atom is 0.263 e. The molecule has 9 heteroatoms. The average Bonchev–Trinajstić information content (AvgIpc) is 3.15. The lowest BCUT2D eigenvalue weighted by Crippen LogP contribution is -2.23. The van der Waals surface area contributed by atoms with Crippen LogP contribution in [0.3, 0.4) is 0 Å². The van der Waals surface area contributed by atoms with Gasteiger partial charge >= 0.3 is 0 Å². The second-order valence-corrected chi connectivity index (χ2v) is 8.75. The molecule has 27 heavy (non-hydrogen) atoms. The molecule has 0 atom stereocenters. The van der Waals surface area contributed by atoms with E-state index in [1.807, 2.05) is 25.1 Å². The van der Waals surface area contributed by atoms with Crippen LogP contribution in [-0.2, 0) is 14.8 Å². The number of anilines is 1. The average molecular weight is 400 g/mol. The number of benzene rings is 2. The molecule has 2 heterocycles. The number of aryl methyl sites for hydroxylation is 1. The third kappa shape index (κ3) is 3.43. The molecule has 138 valence electrons. The van der Waals surface area contributed by atoms with Gasteiger partial charge in [0.25, 0.3) is 10.0 Å². The van der Waals surface area contributed by atoms with Crippen molar-refractivity contribution in [2.75, 3.05) is 11.9 Å². The number of nitrogens with zero attached hydrogens (tertiary/aromatic N) is 2. The number of aliphatic imine (C=N–C) groups is 1. The lowest BCUT2D eigenvalue weighted by Gasteiger charge is -2.01. The fourth-order valence-corrected chi connectivity index (χ4v) is 5.05. The topological polar surface area (TPSA) is 101 Å². The van der Waals surface area contributed by atoms with Gasteiger partial charge in [-0.3, -0.25) is 14.5 Å². The summed E-state index contributed by atoms with van der Waals surface area (Å²) in [6.07, 6.45) is 0.127.